The third-order valence-corrected chi connectivity index (χ3v) is 7.03. The van der Waals surface area contributed by atoms with Crippen molar-refractivity contribution in [1.82, 2.24) is 14.5 Å². The second-order valence-corrected chi connectivity index (χ2v) is 14.9. The van der Waals surface area contributed by atoms with Gasteiger partial charge in [0.2, 0.25) is 0 Å². The average Bonchev–Trinajstić information content (AvgIpc) is 3.43. The van der Waals surface area contributed by atoms with Gasteiger partial charge in [0.15, 0.2) is 0 Å². The van der Waals surface area contributed by atoms with E-state index in [1.807, 2.05) is 47.4 Å². The molecule has 0 aliphatic carbocycles. The van der Waals surface area contributed by atoms with Crippen LogP contribution in [0.1, 0.15) is 16.1 Å². The highest BCUT2D eigenvalue weighted by Gasteiger charge is 2.13. The number of ether oxygens (including phenoxy) is 1. The maximum Gasteiger partial charge on any atom is 0.337 e. The number of nitrogens with zero attached hydrogens (tertiary/aromatic N) is 4. The summed E-state index contributed by atoms with van der Waals surface area (Å²) in [5.41, 5.74) is 3.11. The third kappa shape index (κ3) is 5.80. The molecule has 2 aromatic carbocycles. The molecule has 0 bridgehead atoms. The molecule has 4 aromatic rings. The van der Waals surface area contributed by atoms with E-state index in [4.69, 9.17) is 9.84 Å². The lowest BCUT2D eigenvalue weighted by atomic mass is 10.1. The number of hydrogen-bond acceptors (Lipinski definition) is 5. The lowest BCUT2D eigenvalue weighted by Gasteiger charge is -2.26. The molecule has 0 unspecified atom stereocenters. The predicted octanol–water partition coefficient (Wildman–Crippen LogP) is 5.47. The van der Waals surface area contributed by atoms with E-state index in [0.29, 0.717) is 19.0 Å². The minimum absolute atomic E-state index is 0.213. The summed E-state index contributed by atoms with van der Waals surface area (Å²) in [6, 6.07) is 17.6. The summed E-state index contributed by atoms with van der Waals surface area (Å²) in [7, 11) is -1.19. The van der Waals surface area contributed by atoms with Gasteiger partial charge in [0.05, 0.1) is 23.0 Å². The topological polar surface area (TPSA) is 93.7 Å². The summed E-state index contributed by atoms with van der Waals surface area (Å²) in [5, 5.41) is 22.8. The Morgan fingerprint density at radius 3 is 2.65 bits per heavy atom. The van der Waals surface area contributed by atoms with Gasteiger partial charge in [-0.3, -0.25) is 0 Å². The second kappa shape index (κ2) is 10.1. The Kier molecular flexibility index (Phi) is 6.94. The first kappa shape index (κ1) is 23.5. The number of aromatic carboxylic acids is 1. The molecule has 8 nitrogen and oxygen atoms in total. The maximum absolute atomic E-state index is 11.6. The minimum Gasteiger partial charge on any atom is -0.478 e. The molecule has 4 rings (SSSR count). The molecule has 0 saturated heterocycles. The molecule has 0 fully saturated rings. The van der Waals surface area contributed by atoms with Gasteiger partial charge in [0.25, 0.3) is 0 Å². The molecule has 0 aliphatic rings. The fourth-order valence-corrected chi connectivity index (χ4v) is 4.22. The summed E-state index contributed by atoms with van der Waals surface area (Å²) in [6.07, 6.45) is 5.45. The number of hydrogen-bond donors (Lipinski definition) is 2. The number of benzene rings is 2. The standard InChI is InChI=1S/C25H29N5O3Si/c1-34(2,3)15-14-33-18-30-24-16-19(27-22-9-5-4-8-21(22)25(31)32)10-11-20(24)23(28-30)17-26-29-12-6-7-13-29/h4-13,16-17,27H,14-15,18H2,1-3H3,(H,31,32)/q-1/b26-17+. The van der Waals surface area contributed by atoms with Crippen molar-refractivity contribution in [1.29, 1.82) is 0 Å². The molecule has 177 valence electrons. The summed E-state index contributed by atoms with van der Waals surface area (Å²) < 4.78 is 9.50. The zero-order chi connectivity index (χ0) is 24.1. The average molecular weight is 476 g/mol. The molecular weight excluding hydrogens is 446 g/mol. The van der Waals surface area contributed by atoms with Gasteiger partial charge in [-0.2, -0.15) is 29.8 Å². The molecular formula is C25H29N5O3Si-. The number of carboxylic acids is 1. The van der Waals surface area contributed by atoms with Crippen LogP contribution in [0.2, 0.25) is 25.7 Å². The van der Waals surface area contributed by atoms with Crippen molar-refractivity contribution >= 4 is 42.5 Å². The van der Waals surface area contributed by atoms with Crippen molar-refractivity contribution < 1.29 is 14.6 Å². The first-order valence-electron chi connectivity index (χ1n) is 11.2. The number of carboxylic acid groups (broad SMARTS) is 1. The highest BCUT2D eigenvalue weighted by molar-refractivity contribution is 6.76. The Morgan fingerprint density at radius 2 is 1.91 bits per heavy atom. The highest BCUT2D eigenvalue weighted by Crippen LogP contribution is 2.26. The van der Waals surface area contributed by atoms with Crippen LogP contribution in [0.3, 0.4) is 0 Å². The molecule has 0 aliphatic heterocycles. The van der Waals surface area contributed by atoms with E-state index in [0.717, 1.165) is 28.3 Å². The number of carbonyl (C=O) groups is 1. The molecule has 34 heavy (non-hydrogen) atoms. The molecule has 0 atom stereocenters. The number of anilines is 2. The van der Waals surface area contributed by atoms with Crippen LogP contribution in [-0.4, -0.2) is 46.4 Å². The lowest BCUT2D eigenvalue weighted by Crippen LogP contribution is -2.22. The molecule has 0 amide bonds. The lowest BCUT2D eigenvalue weighted by molar-refractivity contribution is 0.0698. The van der Waals surface area contributed by atoms with Gasteiger partial charge in [-0.05, 0) is 42.5 Å². The fourth-order valence-electron chi connectivity index (χ4n) is 3.46. The van der Waals surface area contributed by atoms with Crippen LogP contribution in [0.5, 0.6) is 0 Å². The van der Waals surface area contributed by atoms with Crippen LogP contribution in [0.25, 0.3) is 10.9 Å². The van der Waals surface area contributed by atoms with Gasteiger partial charge in [0.1, 0.15) is 12.4 Å². The van der Waals surface area contributed by atoms with E-state index in [1.54, 1.807) is 35.2 Å². The second-order valence-electron chi connectivity index (χ2n) is 9.25. The molecule has 2 N–H and O–H groups in total. The van der Waals surface area contributed by atoms with Crippen molar-refractivity contribution in [2.75, 3.05) is 11.9 Å². The van der Waals surface area contributed by atoms with E-state index < -0.39 is 14.0 Å². The SMILES string of the molecule is C[Si-](C)(C)CCOCn1nc(/C=N/n2cccc2)c2ccc(Nc3ccccc3C(=O)O)cc21. The normalized spacial score (nSPS) is 12.0. The van der Waals surface area contributed by atoms with Crippen molar-refractivity contribution in [2.24, 2.45) is 5.10 Å². The Labute approximate surface area is 199 Å². The Balaban J connectivity index is 1.64. The van der Waals surface area contributed by atoms with Crippen molar-refractivity contribution in [3.8, 4) is 0 Å². The van der Waals surface area contributed by atoms with E-state index >= 15 is 0 Å². The van der Waals surface area contributed by atoms with E-state index in [-0.39, 0.29) is 5.56 Å². The number of fused-ring (bicyclic) bond motifs is 1. The van der Waals surface area contributed by atoms with Gasteiger partial charge in [-0.25, -0.2) is 14.2 Å². The van der Waals surface area contributed by atoms with Gasteiger partial charge >= 0.3 is 5.97 Å². The molecule has 0 radical (unpaired) electrons. The van der Waals surface area contributed by atoms with E-state index in [2.05, 4.69) is 30.1 Å². The maximum atomic E-state index is 11.6. The number of para-hydroxylation sites is 1. The number of nitrogens with one attached hydrogen (secondary N) is 1. The molecule has 2 aromatic heterocycles. The van der Waals surface area contributed by atoms with Gasteiger partial charge < -0.3 is 15.2 Å². The summed E-state index contributed by atoms with van der Waals surface area (Å²) in [5.74, 6) is -0.978. The summed E-state index contributed by atoms with van der Waals surface area (Å²) >= 11 is 0. The zero-order valence-electron chi connectivity index (χ0n) is 19.6. The van der Waals surface area contributed by atoms with Crippen molar-refractivity contribution in [3.63, 3.8) is 0 Å². The third-order valence-electron chi connectivity index (χ3n) is 5.33. The molecule has 0 saturated carbocycles. The molecule has 2 heterocycles. The van der Waals surface area contributed by atoms with Gasteiger partial charge in [-0.15, -0.1) is 14.1 Å². The minimum atomic E-state index is -1.19. The van der Waals surface area contributed by atoms with Crippen LogP contribution < -0.4 is 5.32 Å². The Morgan fingerprint density at radius 1 is 1.15 bits per heavy atom. The van der Waals surface area contributed by atoms with Gasteiger partial charge in [-0.1, -0.05) is 12.1 Å². The zero-order valence-corrected chi connectivity index (χ0v) is 20.6. The smallest absolute Gasteiger partial charge is 0.337 e. The van der Waals surface area contributed by atoms with Crippen LogP contribution in [-0.2, 0) is 11.5 Å². The van der Waals surface area contributed by atoms with Crippen LogP contribution in [0.15, 0.2) is 72.1 Å². The molecule has 9 heteroatoms. The molecule has 0 spiro atoms. The number of rotatable bonds is 10. The van der Waals surface area contributed by atoms with E-state index in [9.17, 15) is 9.90 Å². The van der Waals surface area contributed by atoms with Crippen LogP contribution in [0, 0.1) is 0 Å². The predicted molar refractivity (Wildman–Crippen MR) is 138 cm³/mol. The first-order chi connectivity index (χ1) is 16.3. The summed E-state index contributed by atoms with van der Waals surface area (Å²) in [4.78, 5) is 11.6. The van der Waals surface area contributed by atoms with Gasteiger partial charge in [0, 0.05) is 30.1 Å². The first-order valence-corrected chi connectivity index (χ1v) is 14.9. The van der Waals surface area contributed by atoms with Crippen LogP contribution in [0.4, 0.5) is 11.4 Å². The quantitative estimate of drug-likeness (QED) is 0.180. The van der Waals surface area contributed by atoms with Crippen LogP contribution >= 0.6 is 0 Å². The Bertz CT molecular complexity index is 1310. The summed E-state index contributed by atoms with van der Waals surface area (Å²) in [6.45, 7) is 7.98. The highest BCUT2D eigenvalue weighted by atomic mass is 28.3. The fraction of sp³-hybridized carbons (Fsp3) is 0.240. The van der Waals surface area contributed by atoms with Crippen molar-refractivity contribution in [3.05, 3.63) is 78.2 Å². The van der Waals surface area contributed by atoms with Crippen molar-refractivity contribution in [2.45, 2.75) is 32.4 Å². The monoisotopic (exact) mass is 475 g/mol. The Hall–Kier alpha value is -3.69. The number of aromatic nitrogens is 3. The largest absolute Gasteiger partial charge is 0.478 e. The van der Waals surface area contributed by atoms with E-state index in [1.165, 1.54) is 0 Å².